The lowest BCUT2D eigenvalue weighted by Crippen LogP contribution is -2.39. The van der Waals surface area contributed by atoms with Gasteiger partial charge in [-0.1, -0.05) is 32.4 Å². The largest absolute Gasteiger partial charge is 0.356 e. The third-order valence-corrected chi connectivity index (χ3v) is 4.79. The maximum atomic E-state index is 12.5. The number of fused-ring (bicyclic) bond motifs is 1. The molecule has 1 atom stereocenters. The van der Waals surface area contributed by atoms with Crippen LogP contribution in [0.4, 0.5) is 5.69 Å². The van der Waals surface area contributed by atoms with Crippen LogP contribution in [-0.2, 0) is 9.59 Å². The van der Waals surface area contributed by atoms with Gasteiger partial charge in [0.15, 0.2) is 0 Å². The van der Waals surface area contributed by atoms with Crippen LogP contribution in [0.3, 0.4) is 0 Å². The van der Waals surface area contributed by atoms with Crippen LogP contribution in [0, 0.1) is 0 Å². The molecule has 1 aromatic rings. The second kappa shape index (κ2) is 8.22. The molecule has 0 radical (unpaired) electrons. The van der Waals surface area contributed by atoms with Crippen molar-refractivity contribution in [3.63, 3.8) is 0 Å². The van der Waals surface area contributed by atoms with Crippen LogP contribution in [0.1, 0.15) is 39.5 Å². The Hall–Kier alpha value is -1.49. The molecule has 0 bridgehead atoms. The molecule has 0 fully saturated rings. The number of carbonyl (C=O) groups excluding carboxylic acids is 2. The molecule has 1 N–H and O–H groups in total. The molecule has 1 aliphatic rings. The van der Waals surface area contributed by atoms with Gasteiger partial charge in [0.2, 0.25) is 11.8 Å². The Morgan fingerprint density at radius 3 is 2.86 bits per heavy atom. The van der Waals surface area contributed by atoms with Gasteiger partial charge in [-0.05, 0) is 18.6 Å². The Balaban J connectivity index is 1.91. The first-order valence-electron chi connectivity index (χ1n) is 7.94. The zero-order chi connectivity index (χ0) is 15.9. The van der Waals surface area contributed by atoms with Crippen molar-refractivity contribution in [1.82, 2.24) is 5.32 Å². The minimum Gasteiger partial charge on any atom is -0.356 e. The predicted octanol–water partition coefficient (Wildman–Crippen LogP) is 3.21. The molecule has 120 valence electrons. The highest BCUT2D eigenvalue weighted by Gasteiger charge is 2.26. The Labute approximate surface area is 136 Å². The van der Waals surface area contributed by atoms with Gasteiger partial charge in [-0.25, -0.2) is 0 Å². The van der Waals surface area contributed by atoms with Crippen molar-refractivity contribution in [3.8, 4) is 0 Å². The molecule has 0 unspecified atom stereocenters. The van der Waals surface area contributed by atoms with Crippen molar-refractivity contribution < 1.29 is 9.59 Å². The average molecular weight is 320 g/mol. The molecule has 0 aliphatic carbocycles. The SMILES string of the molecule is CCCCNC(=O)CCC(=O)N1C[C@@H](C)Sc2ccccc21. The number of carbonyl (C=O) groups is 2. The van der Waals surface area contributed by atoms with E-state index in [1.54, 1.807) is 11.8 Å². The quantitative estimate of drug-likeness (QED) is 0.819. The van der Waals surface area contributed by atoms with E-state index >= 15 is 0 Å². The number of nitrogens with zero attached hydrogens (tertiary/aromatic N) is 1. The first-order valence-corrected chi connectivity index (χ1v) is 8.82. The fourth-order valence-corrected chi connectivity index (χ4v) is 3.59. The number of hydrogen-bond donors (Lipinski definition) is 1. The number of benzene rings is 1. The lowest BCUT2D eigenvalue weighted by Gasteiger charge is -2.32. The van der Waals surface area contributed by atoms with Gasteiger partial charge in [0.1, 0.15) is 0 Å². The zero-order valence-corrected chi connectivity index (χ0v) is 14.1. The topological polar surface area (TPSA) is 49.4 Å². The highest BCUT2D eigenvalue weighted by Crippen LogP contribution is 2.38. The molecule has 4 nitrogen and oxygen atoms in total. The summed E-state index contributed by atoms with van der Waals surface area (Å²) in [6.45, 7) is 5.61. The van der Waals surface area contributed by atoms with Gasteiger partial charge in [-0.3, -0.25) is 9.59 Å². The maximum absolute atomic E-state index is 12.5. The highest BCUT2D eigenvalue weighted by atomic mass is 32.2. The van der Waals surface area contributed by atoms with E-state index in [-0.39, 0.29) is 24.7 Å². The number of hydrogen-bond acceptors (Lipinski definition) is 3. The third kappa shape index (κ3) is 4.50. The van der Waals surface area contributed by atoms with E-state index in [4.69, 9.17) is 0 Å². The number of rotatable bonds is 6. The Morgan fingerprint density at radius 2 is 2.09 bits per heavy atom. The molecular formula is C17H24N2O2S. The second-order valence-corrected chi connectivity index (χ2v) is 7.08. The van der Waals surface area contributed by atoms with Crippen molar-refractivity contribution in [2.24, 2.45) is 0 Å². The van der Waals surface area contributed by atoms with Gasteiger partial charge in [0.25, 0.3) is 0 Å². The number of thioether (sulfide) groups is 1. The molecule has 1 heterocycles. The molecule has 0 saturated heterocycles. The fraction of sp³-hybridized carbons (Fsp3) is 0.529. The number of nitrogens with one attached hydrogen (secondary N) is 1. The van der Waals surface area contributed by atoms with Crippen molar-refractivity contribution >= 4 is 29.3 Å². The van der Waals surface area contributed by atoms with E-state index < -0.39 is 0 Å². The maximum Gasteiger partial charge on any atom is 0.227 e. The van der Waals surface area contributed by atoms with E-state index in [9.17, 15) is 9.59 Å². The van der Waals surface area contributed by atoms with E-state index in [0.29, 0.717) is 18.3 Å². The highest BCUT2D eigenvalue weighted by molar-refractivity contribution is 8.00. The van der Waals surface area contributed by atoms with Crippen molar-refractivity contribution in [1.29, 1.82) is 0 Å². The summed E-state index contributed by atoms with van der Waals surface area (Å²) in [5.41, 5.74) is 0.974. The molecule has 0 spiro atoms. The van der Waals surface area contributed by atoms with Crippen LogP contribution < -0.4 is 10.2 Å². The smallest absolute Gasteiger partial charge is 0.227 e. The first kappa shape index (κ1) is 16.9. The fourth-order valence-electron chi connectivity index (χ4n) is 2.47. The lowest BCUT2D eigenvalue weighted by molar-refractivity contribution is -0.125. The summed E-state index contributed by atoms with van der Waals surface area (Å²) in [7, 11) is 0. The van der Waals surface area contributed by atoms with E-state index in [0.717, 1.165) is 23.4 Å². The van der Waals surface area contributed by atoms with Gasteiger partial charge in [0, 0.05) is 36.1 Å². The number of unbranched alkanes of at least 4 members (excludes halogenated alkanes) is 1. The van der Waals surface area contributed by atoms with Crippen LogP contribution in [0.2, 0.25) is 0 Å². The van der Waals surface area contributed by atoms with Crippen molar-refractivity contribution in [3.05, 3.63) is 24.3 Å². The predicted molar refractivity (Wildman–Crippen MR) is 91.3 cm³/mol. The van der Waals surface area contributed by atoms with Crippen LogP contribution in [0.5, 0.6) is 0 Å². The van der Waals surface area contributed by atoms with Gasteiger partial charge < -0.3 is 10.2 Å². The molecule has 1 aromatic carbocycles. The molecule has 2 rings (SSSR count). The van der Waals surface area contributed by atoms with Gasteiger partial charge in [-0.15, -0.1) is 11.8 Å². The number of amides is 2. The summed E-state index contributed by atoms with van der Waals surface area (Å²) in [6, 6.07) is 7.97. The molecule has 0 saturated carbocycles. The minimum atomic E-state index is -0.0329. The van der Waals surface area contributed by atoms with Crippen LogP contribution in [0.15, 0.2) is 29.2 Å². The van der Waals surface area contributed by atoms with E-state index in [1.165, 1.54) is 0 Å². The summed E-state index contributed by atoms with van der Waals surface area (Å²) < 4.78 is 0. The monoisotopic (exact) mass is 320 g/mol. The van der Waals surface area contributed by atoms with Gasteiger partial charge in [-0.2, -0.15) is 0 Å². The summed E-state index contributed by atoms with van der Waals surface area (Å²) in [5.74, 6) is -0.000223. The Bertz CT molecular complexity index is 533. The molecule has 22 heavy (non-hydrogen) atoms. The lowest BCUT2D eigenvalue weighted by atomic mass is 10.2. The average Bonchev–Trinajstić information content (AvgIpc) is 2.52. The molecule has 0 aromatic heterocycles. The summed E-state index contributed by atoms with van der Waals surface area (Å²) >= 11 is 1.80. The van der Waals surface area contributed by atoms with E-state index in [1.807, 2.05) is 29.2 Å². The summed E-state index contributed by atoms with van der Waals surface area (Å²) in [5, 5.41) is 3.23. The summed E-state index contributed by atoms with van der Waals surface area (Å²) in [4.78, 5) is 27.2. The van der Waals surface area contributed by atoms with Crippen molar-refractivity contribution in [2.75, 3.05) is 18.0 Å². The normalized spacial score (nSPS) is 17.0. The van der Waals surface area contributed by atoms with Gasteiger partial charge >= 0.3 is 0 Å². The first-order chi connectivity index (χ1) is 10.6. The third-order valence-electron chi connectivity index (χ3n) is 3.64. The Kier molecular flexibility index (Phi) is 6.31. The molecule has 2 amide bonds. The minimum absolute atomic E-state index is 0.0326. The zero-order valence-electron chi connectivity index (χ0n) is 13.3. The van der Waals surface area contributed by atoms with E-state index in [2.05, 4.69) is 19.2 Å². The standard InChI is InChI=1S/C17H24N2O2S/c1-3-4-11-18-16(20)9-10-17(21)19-12-13(2)22-15-8-6-5-7-14(15)19/h5-8,13H,3-4,9-12H2,1-2H3,(H,18,20)/t13-/m1/s1. The number of anilines is 1. The molecule has 5 heteroatoms. The van der Waals surface area contributed by atoms with Crippen LogP contribution in [0.25, 0.3) is 0 Å². The molecule has 1 aliphatic heterocycles. The summed E-state index contributed by atoms with van der Waals surface area (Å²) in [6.07, 6.45) is 2.57. The number of para-hydroxylation sites is 1. The second-order valence-electron chi connectivity index (χ2n) is 5.60. The van der Waals surface area contributed by atoms with Crippen LogP contribution >= 0.6 is 11.8 Å². The molecular weight excluding hydrogens is 296 g/mol. The Morgan fingerprint density at radius 1 is 1.32 bits per heavy atom. The van der Waals surface area contributed by atoms with Gasteiger partial charge in [0.05, 0.1) is 5.69 Å². The van der Waals surface area contributed by atoms with Crippen molar-refractivity contribution in [2.45, 2.75) is 49.7 Å². The van der Waals surface area contributed by atoms with Crippen LogP contribution in [-0.4, -0.2) is 30.2 Å².